The van der Waals surface area contributed by atoms with Gasteiger partial charge in [-0.1, -0.05) is 6.07 Å². The Balaban J connectivity index is 2.70. The van der Waals surface area contributed by atoms with Gasteiger partial charge in [0.05, 0.1) is 28.0 Å². The first-order valence-corrected chi connectivity index (χ1v) is 7.76. The third-order valence-electron chi connectivity index (χ3n) is 3.13. The zero-order valence-corrected chi connectivity index (χ0v) is 12.7. The summed E-state index contributed by atoms with van der Waals surface area (Å²) in [4.78, 5) is 21.8. The van der Waals surface area contributed by atoms with E-state index in [1.807, 2.05) is 0 Å². The second kappa shape index (κ2) is 6.09. The molecule has 0 aliphatic rings. The maximum absolute atomic E-state index is 12.6. The van der Waals surface area contributed by atoms with E-state index in [1.165, 1.54) is 37.4 Å². The molecule has 0 bridgehead atoms. The van der Waals surface area contributed by atoms with Crippen molar-refractivity contribution in [3.05, 3.63) is 53.6 Å². The molecule has 0 radical (unpaired) electrons. The van der Waals surface area contributed by atoms with Crippen LogP contribution in [-0.4, -0.2) is 37.7 Å². The second-order valence-corrected chi connectivity index (χ2v) is 6.39. The number of benzene rings is 2. The molecule has 0 spiro atoms. The third kappa shape index (κ3) is 3.02. The fraction of sp³-hybridized carbons (Fsp3) is 0.0667. The van der Waals surface area contributed by atoms with Crippen LogP contribution in [0.15, 0.2) is 52.3 Å². The van der Waals surface area contributed by atoms with Gasteiger partial charge in [-0.3, -0.25) is 0 Å². The van der Waals surface area contributed by atoms with Crippen LogP contribution in [0.4, 0.5) is 0 Å². The number of ether oxygens (including phenoxy) is 1. The van der Waals surface area contributed by atoms with E-state index in [-0.39, 0.29) is 4.90 Å². The molecular weight excluding hydrogens is 324 g/mol. The van der Waals surface area contributed by atoms with Crippen LogP contribution in [0.3, 0.4) is 0 Å². The second-order valence-electron chi connectivity index (χ2n) is 4.47. The quantitative estimate of drug-likeness (QED) is 0.856. The maximum atomic E-state index is 12.6. The summed E-state index contributed by atoms with van der Waals surface area (Å²) < 4.78 is 30.2. The highest BCUT2D eigenvalue weighted by atomic mass is 32.2. The summed E-state index contributed by atoms with van der Waals surface area (Å²) in [6, 6.07) is 8.63. The number of hydrogen-bond acceptors (Lipinski definition) is 5. The lowest BCUT2D eigenvalue weighted by Gasteiger charge is -2.10. The Hall–Kier alpha value is -2.87. The Labute approximate surface area is 131 Å². The zero-order chi connectivity index (χ0) is 17.2. The number of aromatic carboxylic acids is 2. The Morgan fingerprint density at radius 1 is 0.957 bits per heavy atom. The van der Waals surface area contributed by atoms with Crippen molar-refractivity contribution in [2.45, 2.75) is 9.79 Å². The van der Waals surface area contributed by atoms with Gasteiger partial charge in [0.15, 0.2) is 0 Å². The Bertz CT molecular complexity index is 867. The molecule has 0 aliphatic carbocycles. The summed E-state index contributed by atoms with van der Waals surface area (Å²) in [6.45, 7) is 0. The van der Waals surface area contributed by atoms with Crippen LogP contribution in [0, 0.1) is 0 Å². The normalized spacial score (nSPS) is 11.0. The monoisotopic (exact) mass is 336 g/mol. The predicted octanol–water partition coefficient (Wildman–Crippen LogP) is 1.92. The van der Waals surface area contributed by atoms with E-state index in [0.717, 1.165) is 12.1 Å². The first kappa shape index (κ1) is 16.5. The van der Waals surface area contributed by atoms with E-state index in [9.17, 15) is 23.1 Å². The summed E-state index contributed by atoms with van der Waals surface area (Å²) in [5.74, 6) is -2.72. The van der Waals surface area contributed by atoms with E-state index in [1.54, 1.807) is 0 Å². The van der Waals surface area contributed by atoms with Crippen LogP contribution >= 0.6 is 0 Å². The molecule has 0 fully saturated rings. The van der Waals surface area contributed by atoms with Gasteiger partial charge in [-0.05, 0) is 36.4 Å². The molecule has 120 valence electrons. The molecule has 2 rings (SSSR count). The molecule has 0 unspecified atom stereocenters. The highest BCUT2D eigenvalue weighted by Crippen LogP contribution is 2.27. The van der Waals surface area contributed by atoms with Gasteiger partial charge >= 0.3 is 11.9 Å². The predicted molar refractivity (Wildman–Crippen MR) is 78.8 cm³/mol. The van der Waals surface area contributed by atoms with E-state index in [0.29, 0.717) is 5.75 Å². The number of methoxy groups -OCH3 is 1. The van der Waals surface area contributed by atoms with Crippen molar-refractivity contribution in [1.82, 2.24) is 0 Å². The van der Waals surface area contributed by atoms with Crippen molar-refractivity contribution >= 4 is 21.8 Å². The molecule has 0 saturated carbocycles. The van der Waals surface area contributed by atoms with Gasteiger partial charge in [0.1, 0.15) is 5.75 Å². The molecule has 0 atom stereocenters. The van der Waals surface area contributed by atoms with E-state index >= 15 is 0 Å². The van der Waals surface area contributed by atoms with Crippen molar-refractivity contribution in [3.63, 3.8) is 0 Å². The largest absolute Gasteiger partial charge is 0.497 e. The average molecular weight is 336 g/mol. The maximum Gasteiger partial charge on any atom is 0.337 e. The Morgan fingerprint density at radius 3 is 2.04 bits per heavy atom. The summed E-state index contributed by atoms with van der Waals surface area (Å²) >= 11 is 0. The SMILES string of the molecule is COc1ccc(S(=O)(=O)c2cccc(C(=O)O)c2C(=O)O)cc1. The van der Waals surface area contributed by atoms with Gasteiger partial charge in [-0.15, -0.1) is 0 Å². The molecule has 2 aromatic carbocycles. The number of carboxylic acid groups (broad SMARTS) is 2. The van der Waals surface area contributed by atoms with E-state index < -0.39 is 37.8 Å². The van der Waals surface area contributed by atoms with Crippen molar-refractivity contribution in [2.75, 3.05) is 7.11 Å². The molecular formula is C15H12O7S. The summed E-state index contributed by atoms with van der Waals surface area (Å²) in [5, 5.41) is 18.3. The lowest BCUT2D eigenvalue weighted by Crippen LogP contribution is -2.15. The molecule has 0 amide bonds. The molecule has 2 aromatic rings. The van der Waals surface area contributed by atoms with E-state index in [2.05, 4.69) is 0 Å². The van der Waals surface area contributed by atoms with E-state index in [4.69, 9.17) is 9.84 Å². The minimum atomic E-state index is -4.20. The Kier molecular flexibility index (Phi) is 4.37. The highest BCUT2D eigenvalue weighted by Gasteiger charge is 2.28. The van der Waals surface area contributed by atoms with Gasteiger partial charge in [-0.25, -0.2) is 18.0 Å². The number of sulfone groups is 1. The smallest absolute Gasteiger partial charge is 0.337 e. The van der Waals surface area contributed by atoms with Gasteiger partial charge in [0.25, 0.3) is 0 Å². The molecule has 7 nitrogen and oxygen atoms in total. The summed E-state index contributed by atoms with van der Waals surface area (Å²) in [5.41, 5.74) is -1.36. The fourth-order valence-corrected chi connectivity index (χ4v) is 3.51. The first-order valence-electron chi connectivity index (χ1n) is 6.27. The lowest BCUT2D eigenvalue weighted by molar-refractivity contribution is 0.0648. The molecule has 0 aromatic heterocycles. The molecule has 0 saturated heterocycles. The minimum absolute atomic E-state index is 0.164. The van der Waals surface area contributed by atoms with Crippen molar-refractivity contribution in [2.24, 2.45) is 0 Å². The van der Waals surface area contributed by atoms with Gasteiger partial charge < -0.3 is 14.9 Å². The summed E-state index contributed by atoms with van der Waals surface area (Å²) in [6.07, 6.45) is 0. The van der Waals surface area contributed by atoms with Crippen LogP contribution in [0.5, 0.6) is 5.75 Å². The standard InChI is InChI=1S/C15H12O7S/c1-22-9-5-7-10(8-6-9)23(20,21)12-4-2-3-11(14(16)17)13(12)15(18)19/h2-8H,1H3,(H,16,17)(H,18,19). The molecule has 8 heteroatoms. The van der Waals surface area contributed by atoms with Gasteiger partial charge in [0.2, 0.25) is 9.84 Å². The highest BCUT2D eigenvalue weighted by molar-refractivity contribution is 7.91. The molecule has 0 aliphatic heterocycles. The van der Waals surface area contributed by atoms with Crippen LogP contribution < -0.4 is 4.74 Å². The van der Waals surface area contributed by atoms with Crippen LogP contribution in [0.1, 0.15) is 20.7 Å². The molecule has 23 heavy (non-hydrogen) atoms. The van der Waals surface area contributed by atoms with Crippen LogP contribution in [0.25, 0.3) is 0 Å². The van der Waals surface area contributed by atoms with Crippen molar-refractivity contribution < 1.29 is 33.0 Å². The van der Waals surface area contributed by atoms with Crippen LogP contribution in [-0.2, 0) is 9.84 Å². The number of carboxylic acids is 2. The number of carbonyl (C=O) groups is 2. The van der Waals surface area contributed by atoms with Crippen molar-refractivity contribution in [3.8, 4) is 5.75 Å². The number of rotatable bonds is 5. The minimum Gasteiger partial charge on any atom is -0.497 e. The number of hydrogen-bond donors (Lipinski definition) is 2. The van der Waals surface area contributed by atoms with Gasteiger partial charge in [-0.2, -0.15) is 0 Å². The summed E-state index contributed by atoms with van der Waals surface area (Å²) in [7, 11) is -2.78. The first-order chi connectivity index (χ1) is 10.8. The molecule has 2 N–H and O–H groups in total. The topological polar surface area (TPSA) is 118 Å². The van der Waals surface area contributed by atoms with Crippen molar-refractivity contribution in [1.29, 1.82) is 0 Å². The Morgan fingerprint density at radius 2 is 1.57 bits per heavy atom. The fourth-order valence-electron chi connectivity index (χ4n) is 2.04. The van der Waals surface area contributed by atoms with Crippen LogP contribution in [0.2, 0.25) is 0 Å². The van der Waals surface area contributed by atoms with Gasteiger partial charge in [0, 0.05) is 0 Å². The zero-order valence-electron chi connectivity index (χ0n) is 11.9. The molecule has 0 heterocycles. The third-order valence-corrected chi connectivity index (χ3v) is 4.94. The average Bonchev–Trinajstić information content (AvgIpc) is 2.54. The lowest BCUT2D eigenvalue weighted by atomic mass is 10.1.